The van der Waals surface area contributed by atoms with Gasteiger partial charge in [-0.1, -0.05) is 172 Å². The van der Waals surface area contributed by atoms with Crippen molar-refractivity contribution in [3.63, 3.8) is 0 Å². The van der Waals surface area contributed by atoms with E-state index in [4.69, 9.17) is 9.47 Å². The molecule has 2 aromatic rings. The van der Waals surface area contributed by atoms with Crippen LogP contribution in [0.2, 0.25) is 0 Å². The summed E-state index contributed by atoms with van der Waals surface area (Å²) in [6.07, 6.45) is 0. The largest absolute Gasteiger partial charge is 0.497 e. The second-order valence-electron chi connectivity index (χ2n) is 49.2. The van der Waals surface area contributed by atoms with E-state index in [9.17, 15) is 0 Å². The lowest BCUT2D eigenvalue weighted by Gasteiger charge is -2.50. The Kier molecular flexibility index (Phi) is 35.4. The molecule has 10 heterocycles. The SMILES string of the molecule is CC1=C(C)C(C)(C)C(C)(C)N1C.CC1=C(C)C(C)(C)C(C)(C)N1C(C)(C)C.CC1=C(C)C(C)(C)C(C)(C)O1.CC1=C(C)C(C)(C)C(C)(C)S1.CC1=C(C)C(C)(C)CN1C.CC1=C(C)C(C)(C)CN1C(C)(C)C.CC1=C(C)C(C)(C)CN1c1ccccc1.CC1=C(C)C(C)(C)CO1.CC1=C(C)C(C)(C)CS1.CC1=C(C)C(C)(C)N(c2c(C)cccc2C)C1(C)C. The van der Waals surface area contributed by atoms with Gasteiger partial charge in [0, 0.05) is 150 Å². The molecule has 0 aromatic heterocycles. The third kappa shape index (κ3) is 23.3. The van der Waals surface area contributed by atoms with Crippen molar-refractivity contribution in [3.05, 3.63) is 171 Å². The minimum absolute atomic E-state index is 0.0405. The van der Waals surface area contributed by atoms with Gasteiger partial charge in [-0.05, 0) is 366 Å². The molecule has 0 N–H and O–H groups in total. The van der Waals surface area contributed by atoms with E-state index in [2.05, 4.69) is 480 Å². The van der Waals surface area contributed by atoms with Crippen LogP contribution < -0.4 is 9.80 Å². The lowest BCUT2D eigenvalue weighted by molar-refractivity contribution is -0.00761. The lowest BCUT2D eigenvalue weighted by atomic mass is 9.71. The van der Waals surface area contributed by atoms with Crippen LogP contribution in [0.25, 0.3) is 0 Å². The molecule has 0 spiro atoms. The first-order valence-corrected chi connectivity index (χ1v) is 49.0. The third-order valence-electron chi connectivity index (χ3n) is 34.9. The zero-order valence-electron chi connectivity index (χ0n) is 93.0. The predicted molar refractivity (Wildman–Crippen MR) is 560 cm³/mol. The lowest BCUT2D eigenvalue weighted by Crippen LogP contribution is -2.55. The number of nitrogens with zero attached hydrogens (tertiary/aromatic N) is 6. The van der Waals surface area contributed by atoms with Gasteiger partial charge in [0.05, 0.1) is 29.2 Å². The molecule has 12 rings (SSSR count). The van der Waals surface area contributed by atoms with E-state index in [0.29, 0.717) is 37.2 Å². The van der Waals surface area contributed by atoms with Crippen molar-refractivity contribution in [2.45, 2.75) is 445 Å². The van der Waals surface area contributed by atoms with Crippen molar-refractivity contribution in [3.8, 4) is 0 Å². The highest BCUT2D eigenvalue weighted by molar-refractivity contribution is 8.04. The van der Waals surface area contributed by atoms with Gasteiger partial charge >= 0.3 is 0 Å². The van der Waals surface area contributed by atoms with Crippen molar-refractivity contribution in [1.82, 2.24) is 19.6 Å². The van der Waals surface area contributed by atoms with Gasteiger partial charge < -0.3 is 38.9 Å². The molecule has 10 aliphatic heterocycles. The molecule has 8 nitrogen and oxygen atoms in total. The minimum Gasteiger partial charge on any atom is -0.497 e. The van der Waals surface area contributed by atoms with Gasteiger partial charge in [0.25, 0.3) is 0 Å². The number of benzene rings is 2. The number of hydrogen-bond acceptors (Lipinski definition) is 10. The van der Waals surface area contributed by atoms with E-state index in [1.54, 1.807) is 16.7 Å². The molecule has 0 fully saturated rings. The highest BCUT2D eigenvalue weighted by atomic mass is 32.2. The van der Waals surface area contributed by atoms with Crippen molar-refractivity contribution < 1.29 is 9.47 Å². The fraction of sp³-hybridized carbons (Fsp3) is 0.719. The fourth-order valence-corrected chi connectivity index (χ4v) is 22.5. The molecule has 0 aliphatic carbocycles. The van der Waals surface area contributed by atoms with Gasteiger partial charge in [-0.3, -0.25) is 0 Å². The summed E-state index contributed by atoms with van der Waals surface area (Å²) in [7, 11) is 4.35. The van der Waals surface area contributed by atoms with Crippen molar-refractivity contribution in [1.29, 1.82) is 0 Å². The number of ether oxygens (including phenoxy) is 2. The summed E-state index contributed by atoms with van der Waals surface area (Å²) in [5.74, 6) is 3.48. The number of aryl methyl sites for hydroxylation is 2. The van der Waals surface area contributed by atoms with Gasteiger partial charge in [0.2, 0.25) is 0 Å². The van der Waals surface area contributed by atoms with E-state index in [0.717, 1.165) is 31.2 Å². The topological polar surface area (TPSA) is 37.9 Å². The molecule has 708 valence electrons. The first-order valence-electron chi connectivity index (χ1n) is 47.2. The minimum atomic E-state index is -0.0405. The maximum atomic E-state index is 5.76. The maximum Gasteiger partial charge on any atom is 0.112 e. The summed E-state index contributed by atoms with van der Waals surface area (Å²) in [5, 5.41) is 0. The van der Waals surface area contributed by atoms with E-state index in [1.165, 1.54) is 118 Å². The average Bonchev–Trinajstić information content (AvgIpc) is 1.56. The van der Waals surface area contributed by atoms with Crippen LogP contribution in [0.5, 0.6) is 0 Å². The van der Waals surface area contributed by atoms with E-state index in [-0.39, 0.29) is 55.1 Å². The first-order chi connectivity index (χ1) is 55.1. The molecular weight excluding hydrogens is 1550 g/mol. The smallest absolute Gasteiger partial charge is 0.112 e. The van der Waals surface area contributed by atoms with Crippen LogP contribution in [0.3, 0.4) is 0 Å². The van der Waals surface area contributed by atoms with Gasteiger partial charge in [-0.2, -0.15) is 0 Å². The molecule has 0 saturated heterocycles. The summed E-state index contributed by atoms with van der Waals surface area (Å²) in [6.45, 7) is 136. The Balaban J connectivity index is 0.000000358. The van der Waals surface area contributed by atoms with E-state index in [1.807, 2.05) is 37.4 Å². The Hall–Kier alpha value is -5.06. The van der Waals surface area contributed by atoms with E-state index < -0.39 is 0 Å². The number of para-hydroxylation sites is 2. The molecule has 0 atom stereocenters. The molecule has 124 heavy (non-hydrogen) atoms. The summed E-state index contributed by atoms with van der Waals surface area (Å²) in [6, 6.07) is 17.2. The Labute approximate surface area is 779 Å². The molecule has 10 heteroatoms. The van der Waals surface area contributed by atoms with E-state index >= 15 is 0 Å². The monoisotopic (exact) mass is 1750 g/mol. The van der Waals surface area contributed by atoms with Gasteiger partial charge in [-0.15, -0.1) is 23.5 Å². The Bertz CT molecular complexity index is 4330. The molecular formula is C114H198N6O2S2. The van der Waals surface area contributed by atoms with Crippen molar-refractivity contribution in [2.24, 2.45) is 48.7 Å². The average molecular weight is 1750 g/mol. The molecule has 0 saturated carbocycles. The fourth-order valence-electron chi connectivity index (χ4n) is 19.6. The van der Waals surface area contributed by atoms with Crippen LogP contribution in [-0.4, -0.2) is 109 Å². The maximum absolute atomic E-state index is 5.76. The zero-order valence-corrected chi connectivity index (χ0v) is 94.6. The number of rotatable bonds is 2. The van der Waals surface area contributed by atoms with Crippen molar-refractivity contribution in [2.75, 3.05) is 55.9 Å². The van der Waals surface area contributed by atoms with Gasteiger partial charge in [0.15, 0.2) is 0 Å². The number of hydrogen-bond donors (Lipinski definition) is 0. The Morgan fingerprint density at radius 2 is 0.758 bits per heavy atom. The summed E-state index contributed by atoms with van der Waals surface area (Å²) in [5.41, 5.74) is 33.1. The standard InChI is InChI=1S/C18H27N.C14H19N.C14H27N.C12H23N.C11H21N.C10H18O.C10H18S.C9H17N.C8H14O.C8H14S/c1-12-10-9-11-13(2)16(12)19-17(5,6)14(3)15(4)18(19,7)8;1-11-12(2)15(10-14(11,3)4)13-8-6-5-7-9-13;1-10-11(2)15(12(3,4)5)14(8,9)13(10,6)7;1-9-10(2)13(11(3,4)5)8-12(9,6)7;1-8-9(2)12(7)11(5,6)10(8,3)4;2*1-7-8(2)11-10(5,6)9(7,3)4;1-7-8(2)10(5)6-9(7,3)4;2*1-6-7(2)9-5-8(6,3)4/h9-11H,1-8H3;5-9H,10H2,1-4H3;1-9H3;8H2,1-7H3;1-7H3;2*1-6H3;6H2,1-5H3;2*5H2,1-4H3. The molecule has 0 bridgehead atoms. The highest BCUT2D eigenvalue weighted by Gasteiger charge is 2.54. The van der Waals surface area contributed by atoms with Crippen LogP contribution in [0, 0.1) is 62.6 Å². The van der Waals surface area contributed by atoms with Crippen LogP contribution >= 0.6 is 23.5 Å². The number of allylic oxidation sites excluding steroid dienone is 11. The van der Waals surface area contributed by atoms with Gasteiger partial charge in [-0.25, -0.2) is 0 Å². The summed E-state index contributed by atoms with van der Waals surface area (Å²) < 4.78 is 11.5. The van der Waals surface area contributed by atoms with Crippen molar-refractivity contribution >= 4 is 34.9 Å². The third-order valence-corrected chi connectivity index (χ3v) is 38.2. The molecule has 2 aromatic carbocycles. The van der Waals surface area contributed by atoms with Crippen LogP contribution in [0.4, 0.5) is 11.4 Å². The molecule has 0 unspecified atom stereocenters. The Morgan fingerprint density at radius 1 is 0.339 bits per heavy atom. The highest BCUT2D eigenvalue weighted by Crippen LogP contribution is 2.59. The van der Waals surface area contributed by atoms with Crippen LogP contribution in [0.15, 0.2) is 160 Å². The number of thioether (sulfide) groups is 2. The second kappa shape index (κ2) is 38.8. The number of anilines is 2. The quantitative estimate of drug-likeness (QED) is 0.272. The predicted octanol–water partition coefficient (Wildman–Crippen LogP) is 34.1. The normalized spacial score (nSPS) is 24.1. The summed E-state index contributed by atoms with van der Waals surface area (Å²) >= 11 is 4.01. The molecule has 0 amide bonds. The molecule has 0 radical (unpaired) electrons. The summed E-state index contributed by atoms with van der Waals surface area (Å²) in [4.78, 5) is 17.9. The first kappa shape index (κ1) is 113. The second-order valence-corrected chi connectivity index (χ2v) is 52.2. The Morgan fingerprint density at radius 3 is 0.952 bits per heavy atom. The van der Waals surface area contributed by atoms with Crippen LogP contribution in [0.1, 0.15) is 399 Å². The van der Waals surface area contributed by atoms with Crippen LogP contribution in [-0.2, 0) is 9.47 Å². The molecule has 10 aliphatic rings. The van der Waals surface area contributed by atoms with Gasteiger partial charge in [0.1, 0.15) is 5.60 Å². The zero-order chi connectivity index (χ0) is 97.8.